The maximum absolute atomic E-state index is 14.2. The highest BCUT2D eigenvalue weighted by atomic mass is 32.2. The summed E-state index contributed by atoms with van der Waals surface area (Å²) in [5, 5.41) is 10.2. The number of carbonyl (C=O) groups excluding carboxylic acids is 1. The number of rotatable bonds is 4. The van der Waals surface area contributed by atoms with E-state index in [1.807, 2.05) is 0 Å². The Bertz CT molecular complexity index is 1020. The summed E-state index contributed by atoms with van der Waals surface area (Å²) in [6.07, 6.45) is -4.66. The quantitative estimate of drug-likeness (QED) is 0.590. The molecular formula is C17H14F4N2O4S. The fourth-order valence-corrected chi connectivity index (χ4v) is 4.32. The molecule has 3 rings (SSSR count). The molecule has 1 fully saturated rings. The maximum atomic E-state index is 14.2. The summed E-state index contributed by atoms with van der Waals surface area (Å²) >= 11 is 0. The van der Waals surface area contributed by atoms with E-state index in [-0.39, 0.29) is 29.8 Å². The molecule has 6 nitrogen and oxygen atoms in total. The van der Waals surface area contributed by atoms with Crippen LogP contribution in [0.5, 0.6) is 5.75 Å². The topological polar surface area (TPSA) is 86.7 Å². The molecular weight excluding hydrogens is 404 g/mol. The Kier molecular flexibility index (Phi) is 5.06. The van der Waals surface area contributed by atoms with Gasteiger partial charge in [0.05, 0.1) is 23.8 Å². The smallest absolute Gasteiger partial charge is 0.419 e. The predicted octanol–water partition coefficient (Wildman–Crippen LogP) is 2.36. The molecule has 0 spiro atoms. The normalized spacial score (nSPS) is 19.0. The third-order valence-electron chi connectivity index (χ3n) is 4.20. The van der Waals surface area contributed by atoms with Crippen LogP contribution >= 0.6 is 0 Å². The lowest BCUT2D eigenvalue weighted by Crippen LogP contribution is -2.30. The minimum Gasteiger partial charge on any atom is -0.506 e. The van der Waals surface area contributed by atoms with Crippen LogP contribution in [-0.4, -0.2) is 32.4 Å². The first-order valence-corrected chi connectivity index (χ1v) is 9.38. The van der Waals surface area contributed by atoms with E-state index in [9.17, 15) is 35.9 Å². The number of halogens is 4. The fraction of sp³-hybridized carbons (Fsp3) is 0.235. The van der Waals surface area contributed by atoms with Crippen LogP contribution in [0, 0.1) is 5.82 Å². The number of aromatic hydroxyl groups is 1. The van der Waals surface area contributed by atoms with Crippen molar-refractivity contribution in [2.75, 3.05) is 10.8 Å². The minimum absolute atomic E-state index is 0.106. The number of nitrogens with zero attached hydrogens (tertiary/aromatic N) is 1. The Morgan fingerprint density at radius 2 is 1.96 bits per heavy atom. The number of carbonyl (C=O) groups is 1. The van der Waals surface area contributed by atoms with Gasteiger partial charge in [-0.2, -0.15) is 26.3 Å². The third-order valence-corrected chi connectivity index (χ3v) is 5.73. The summed E-state index contributed by atoms with van der Waals surface area (Å²) < 4.78 is 79.6. The molecule has 11 heteroatoms. The van der Waals surface area contributed by atoms with Gasteiger partial charge in [-0.3, -0.25) is 4.31 Å². The summed E-state index contributed by atoms with van der Waals surface area (Å²) in [6, 6.07) is 5.67. The van der Waals surface area contributed by atoms with Crippen molar-refractivity contribution >= 4 is 22.2 Å². The van der Waals surface area contributed by atoms with Crippen molar-refractivity contribution < 1.29 is 35.9 Å². The molecule has 0 radical (unpaired) electrons. The zero-order chi connectivity index (χ0) is 20.7. The van der Waals surface area contributed by atoms with Gasteiger partial charge < -0.3 is 9.90 Å². The molecule has 1 atom stereocenters. The summed E-state index contributed by atoms with van der Waals surface area (Å²) in [7, 11) is -4.02. The molecule has 0 saturated carbocycles. The summed E-state index contributed by atoms with van der Waals surface area (Å²) in [6.45, 7) is -0.221. The van der Waals surface area contributed by atoms with E-state index in [1.165, 1.54) is 18.2 Å². The molecule has 2 aromatic rings. The van der Waals surface area contributed by atoms with Gasteiger partial charge in [-0.1, -0.05) is 18.2 Å². The molecule has 150 valence electrons. The van der Waals surface area contributed by atoms with Crippen LogP contribution in [-0.2, 0) is 27.6 Å². The van der Waals surface area contributed by atoms with Crippen LogP contribution in [0.1, 0.15) is 16.7 Å². The van der Waals surface area contributed by atoms with Crippen molar-refractivity contribution in [3.63, 3.8) is 0 Å². The van der Waals surface area contributed by atoms with E-state index >= 15 is 0 Å². The second-order valence-electron chi connectivity index (χ2n) is 6.17. The van der Waals surface area contributed by atoms with Gasteiger partial charge in [-0.15, -0.1) is 0 Å². The third kappa shape index (κ3) is 3.80. The molecule has 0 aromatic heterocycles. The molecule has 1 aliphatic heterocycles. The summed E-state index contributed by atoms with van der Waals surface area (Å²) in [5.41, 5.74) is -1.44. The van der Waals surface area contributed by atoms with E-state index in [1.54, 1.807) is 0 Å². The standard InChI is InChI=1S/C17H14F4N2O4S/c18-16-11(2-1-3-13(16)17(19,20)21)6-10-4-5-14(15(25)7-10)23-8-12(9-24)22-28(23,26)27/h1-5,7,9,12,22,25H,6,8H2. The zero-order valence-corrected chi connectivity index (χ0v) is 14.9. The highest BCUT2D eigenvalue weighted by Crippen LogP contribution is 2.35. The van der Waals surface area contributed by atoms with Crippen molar-refractivity contribution in [3.8, 4) is 5.75 Å². The molecule has 2 N–H and O–H groups in total. The number of nitrogens with one attached hydrogen (secondary N) is 1. The zero-order valence-electron chi connectivity index (χ0n) is 14.1. The summed E-state index contributed by atoms with van der Waals surface area (Å²) in [4.78, 5) is 10.8. The van der Waals surface area contributed by atoms with E-state index in [0.717, 1.165) is 16.4 Å². The van der Waals surface area contributed by atoms with Gasteiger partial charge in [0, 0.05) is 6.42 Å². The van der Waals surface area contributed by atoms with Crippen molar-refractivity contribution in [2.45, 2.75) is 18.6 Å². The number of benzene rings is 2. The Labute approximate surface area is 157 Å². The van der Waals surface area contributed by atoms with E-state index in [4.69, 9.17) is 0 Å². The van der Waals surface area contributed by atoms with E-state index < -0.39 is 39.6 Å². The highest BCUT2D eigenvalue weighted by Gasteiger charge is 2.37. The lowest BCUT2D eigenvalue weighted by molar-refractivity contribution is -0.140. The van der Waals surface area contributed by atoms with Crippen LogP contribution in [0.2, 0.25) is 0 Å². The van der Waals surface area contributed by atoms with E-state index in [2.05, 4.69) is 4.72 Å². The Morgan fingerprint density at radius 1 is 1.25 bits per heavy atom. The number of aldehydes is 1. The summed E-state index contributed by atoms with van der Waals surface area (Å²) in [5.74, 6) is -1.87. The average Bonchev–Trinajstić information content (AvgIpc) is 2.90. The van der Waals surface area contributed by atoms with Crippen LogP contribution < -0.4 is 9.03 Å². The first kappa shape index (κ1) is 20.1. The van der Waals surface area contributed by atoms with Crippen LogP contribution in [0.4, 0.5) is 23.2 Å². The molecule has 0 amide bonds. The van der Waals surface area contributed by atoms with Gasteiger partial charge in [0.1, 0.15) is 17.9 Å². The lowest BCUT2D eigenvalue weighted by atomic mass is 10.0. The van der Waals surface area contributed by atoms with Crippen molar-refractivity contribution in [2.24, 2.45) is 0 Å². The average molecular weight is 418 g/mol. The second kappa shape index (κ2) is 7.06. The van der Waals surface area contributed by atoms with Crippen LogP contribution in [0.3, 0.4) is 0 Å². The number of hydrogen-bond donors (Lipinski definition) is 2. The molecule has 0 aliphatic carbocycles. The van der Waals surface area contributed by atoms with Gasteiger partial charge in [-0.25, -0.2) is 4.39 Å². The highest BCUT2D eigenvalue weighted by molar-refractivity contribution is 7.91. The molecule has 0 bridgehead atoms. The first-order chi connectivity index (χ1) is 13.0. The maximum Gasteiger partial charge on any atom is 0.419 e. The number of phenolic OH excluding ortho intramolecular Hbond substituents is 1. The van der Waals surface area contributed by atoms with Crippen molar-refractivity contribution in [1.82, 2.24) is 4.72 Å². The molecule has 1 saturated heterocycles. The van der Waals surface area contributed by atoms with Gasteiger partial charge in [0.2, 0.25) is 0 Å². The number of hydrogen-bond acceptors (Lipinski definition) is 4. The second-order valence-corrected chi connectivity index (χ2v) is 7.80. The lowest BCUT2D eigenvalue weighted by Gasteiger charge is -2.18. The Hall–Kier alpha value is -2.66. The Balaban J connectivity index is 1.90. The monoisotopic (exact) mass is 418 g/mol. The number of alkyl halides is 3. The molecule has 1 aliphatic rings. The molecule has 1 heterocycles. The predicted molar refractivity (Wildman–Crippen MR) is 91.6 cm³/mol. The Morgan fingerprint density at radius 3 is 2.54 bits per heavy atom. The van der Waals surface area contributed by atoms with Crippen molar-refractivity contribution in [3.05, 3.63) is 58.9 Å². The first-order valence-electron chi connectivity index (χ1n) is 7.94. The number of phenols is 1. The van der Waals surface area contributed by atoms with E-state index in [0.29, 0.717) is 12.4 Å². The minimum atomic E-state index is -4.83. The van der Waals surface area contributed by atoms with Crippen LogP contribution in [0.15, 0.2) is 36.4 Å². The van der Waals surface area contributed by atoms with Gasteiger partial charge in [0.15, 0.2) is 0 Å². The largest absolute Gasteiger partial charge is 0.506 e. The fourth-order valence-electron chi connectivity index (χ4n) is 2.91. The SMILES string of the molecule is O=CC1CN(c2ccc(Cc3cccc(C(F)(F)F)c3F)cc2O)S(=O)(=O)N1. The van der Waals surface area contributed by atoms with Crippen molar-refractivity contribution in [1.29, 1.82) is 0 Å². The van der Waals surface area contributed by atoms with Gasteiger partial charge in [0.25, 0.3) is 0 Å². The molecule has 1 unspecified atom stereocenters. The van der Waals surface area contributed by atoms with Gasteiger partial charge >= 0.3 is 16.4 Å². The van der Waals surface area contributed by atoms with Gasteiger partial charge in [-0.05, 0) is 29.3 Å². The molecule has 28 heavy (non-hydrogen) atoms. The molecule has 2 aromatic carbocycles. The van der Waals surface area contributed by atoms with Crippen LogP contribution in [0.25, 0.3) is 0 Å². The number of anilines is 1.